The number of halogens is 1. The first kappa shape index (κ1) is 104. The first-order valence-corrected chi connectivity index (χ1v) is 48.6. The molecule has 0 spiro atoms. The maximum absolute atomic E-state index is 12.4. The minimum Gasteiger partial charge on any atom is -0.489 e. The van der Waals surface area contributed by atoms with E-state index in [1.165, 1.54) is 47.7 Å². The molecule has 35 nitrogen and oxygen atoms in total. The molecule has 10 aromatic heterocycles. The third-order valence-electron chi connectivity index (χ3n) is 25.3. The lowest BCUT2D eigenvalue weighted by Crippen LogP contribution is -2.23. The van der Waals surface area contributed by atoms with Crippen molar-refractivity contribution in [2.45, 2.75) is 129 Å². The Bertz CT molecular complexity index is 8370. The SMILES string of the molecule is CCc1cccc(-n2nnn(C)c2=O)c1COc1ccc(-c2ccc(C)nc2)cc1C.Cc1cc(-c2cnccc2C)ccc1OCc1c(C)cccc1-n1nnn(C)c1=O.Cc1ccc(-c2ccc(OCc3c(C)cccc3-n3nnn(C)c3=O)c(C)c2)cn1.Cc1ccc(-c2ccc(OCc3c(Cl)cccc3-n3nnn(C)c3=O)c(C)c2)cn1.Cc1ccc(-c2ccc(OCc3ccccc3-n3nnn(C)c3=O)c(C)c2)cn1. The fourth-order valence-electron chi connectivity index (χ4n) is 16.5. The molecule has 0 saturated carbocycles. The van der Waals surface area contributed by atoms with Crippen LogP contribution in [-0.2, 0) is 74.7 Å². The number of rotatable bonds is 26. The second-order valence-corrected chi connectivity index (χ2v) is 36.5. The van der Waals surface area contributed by atoms with Gasteiger partial charge in [0.2, 0.25) is 0 Å². The smallest absolute Gasteiger partial charge is 0.368 e. The van der Waals surface area contributed by atoms with Crippen LogP contribution in [0.3, 0.4) is 0 Å². The number of benzene rings is 10. The Morgan fingerprint density at radius 3 is 0.853 bits per heavy atom. The standard InChI is InChI=1S/C24H25N5O2.2C23H23N5O2.C22H20ClN5O2.C22H21N5O2/c1-5-18-7-6-8-22(29-24(30)28(4)26-27-29)21(18)15-31-23-12-11-19(13-16(23)2)20-10-9-17(3)25-14-20;1-15-6-5-7-21(28-23(29)27(4)25-26-28)20(15)14-30-22-11-10-18(12-16(22)2)19-9-8-17(3)24-13-19;1-15-6-5-7-21(28-23(29)27(4)25-26-28)20(15)14-30-22-9-8-18(12-17(22)3)19-13-24-11-10-16(19)2;1-14-11-16(17-8-7-15(2)24-12-17)9-10-21(14)30-13-18-19(23)5-4-6-20(18)28-22(29)27(3)25-26-28;1-15-12-17(18-9-8-16(2)23-13-18)10-11-21(15)29-14-19-6-4-5-7-20(19)27-22(28)26(3)24-25-27/h6-14H,5,15H2,1-4H3;2*5-13H,14H2,1-4H3;4-12H,13H2,1-3H3;4-13H,14H2,1-3H3. The Labute approximate surface area is 869 Å². The Morgan fingerprint density at radius 2 is 0.527 bits per heavy atom. The van der Waals surface area contributed by atoms with Gasteiger partial charge < -0.3 is 23.7 Å². The van der Waals surface area contributed by atoms with E-state index in [0.29, 0.717) is 65.5 Å². The molecule has 0 atom stereocenters. The van der Waals surface area contributed by atoms with Gasteiger partial charge >= 0.3 is 28.4 Å². The molecule has 150 heavy (non-hydrogen) atoms. The van der Waals surface area contributed by atoms with Crippen LogP contribution in [0.5, 0.6) is 28.7 Å². The second kappa shape index (κ2) is 47.2. The summed E-state index contributed by atoms with van der Waals surface area (Å²) in [6, 6.07) is 78.7. The molecule has 0 N–H and O–H groups in total. The van der Waals surface area contributed by atoms with Gasteiger partial charge in [-0.25, -0.2) is 24.0 Å². The molecule has 20 rings (SSSR count). The van der Waals surface area contributed by atoms with Crippen molar-refractivity contribution in [2.75, 3.05) is 0 Å². The molecule has 20 aromatic rings. The third-order valence-corrected chi connectivity index (χ3v) is 25.7. The number of para-hydroxylation sites is 1. The van der Waals surface area contributed by atoms with Crippen LogP contribution >= 0.6 is 11.6 Å². The van der Waals surface area contributed by atoms with Crippen molar-refractivity contribution < 1.29 is 23.7 Å². The third kappa shape index (κ3) is 24.4. The summed E-state index contributed by atoms with van der Waals surface area (Å²) in [7, 11) is 7.85. The number of pyridine rings is 5. The molecule has 10 heterocycles. The molecule has 0 aliphatic heterocycles. The molecule has 0 amide bonds. The van der Waals surface area contributed by atoms with Gasteiger partial charge in [-0.2, -0.15) is 46.8 Å². The van der Waals surface area contributed by atoms with Gasteiger partial charge in [0.25, 0.3) is 0 Å². The van der Waals surface area contributed by atoms with E-state index in [0.717, 1.165) is 185 Å². The van der Waals surface area contributed by atoms with Crippen molar-refractivity contribution >= 4 is 11.6 Å². The average molecular weight is 2030 g/mol. The molecular weight excluding hydrogens is 1910 g/mol. The Kier molecular flexibility index (Phi) is 32.9. The van der Waals surface area contributed by atoms with Crippen molar-refractivity contribution in [3.05, 3.63) is 438 Å². The fraction of sp³-hybridized carbons (Fsp3) is 0.211. The van der Waals surface area contributed by atoms with Crippen LogP contribution in [-0.4, -0.2) is 124 Å². The summed E-state index contributed by atoms with van der Waals surface area (Å²) >= 11 is 6.41. The van der Waals surface area contributed by atoms with E-state index in [1.54, 1.807) is 59.6 Å². The second-order valence-electron chi connectivity index (χ2n) is 36.1. The van der Waals surface area contributed by atoms with Crippen molar-refractivity contribution in [3.63, 3.8) is 0 Å². The van der Waals surface area contributed by atoms with Gasteiger partial charge in [-0.1, -0.05) is 134 Å². The molecule has 0 radical (unpaired) electrons. The highest BCUT2D eigenvalue weighted by atomic mass is 35.5. The Morgan fingerprint density at radius 1 is 0.247 bits per heavy atom. The summed E-state index contributed by atoms with van der Waals surface area (Å²) in [5.74, 6) is 3.90. The maximum atomic E-state index is 12.4. The molecule has 0 unspecified atom stereocenters. The molecule has 0 aliphatic carbocycles. The minimum absolute atomic E-state index is 0.185. The lowest BCUT2D eigenvalue weighted by atomic mass is 10.0. The number of aryl methyl sites for hydroxylation is 18. The monoisotopic (exact) mass is 2030 g/mol. The van der Waals surface area contributed by atoms with Gasteiger partial charge in [-0.3, -0.25) is 24.9 Å². The highest BCUT2D eigenvalue weighted by Crippen LogP contribution is 2.36. The van der Waals surface area contributed by atoms with Gasteiger partial charge in [0.05, 0.1) is 28.4 Å². The number of tetrazole rings is 5. The highest BCUT2D eigenvalue weighted by molar-refractivity contribution is 6.31. The van der Waals surface area contributed by atoms with E-state index in [-0.39, 0.29) is 35.1 Å². The average Bonchev–Trinajstić information content (AvgIpc) is 1.58. The largest absolute Gasteiger partial charge is 0.489 e. The van der Waals surface area contributed by atoms with Crippen LogP contribution in [0.1, 0.15) is 108 Å². The van der Waals surface area contributed by atoms with Gasteiger partial charge in [0, 0.05) is 156 Å². The summed E-state index contributed by atoms with van der Waals surface area (Å²) in [4.78, 5) is 83.2. The summed E-state index contributed by atoms with van der Waals surface area (Å²) < 4.78 is 43.0. The van der Waals surface area contributed by atoms with Crippen LogP contribution in [0, 0.1) is 83.1 Å². The zero-order valence-corrected chi connectivity index (χ0v) is 87.2. The normalized spacial score (nSPS) is 10.9. The lowest BCUT2D eigenvalue weighted by molar-refractivity contribution is 0.302. The summed E-state index contributed by atoms with van der Waals surface area (Å²) in [5.41, 5.74) is 30.1. The molecule has 36 heteroatoms. The molecular formula is C114H112ClN25O10. The zero-order valence-electron chi connectivity index (χ0n) is 86.4. The highest BCUT2D eigenvalue weighted by Gasteiger charge is 2.23. The van der Waals surface area contributed by atoms with Crippen LogP contribution < -0.4 is 52.1 Å². The quantitative estimate of drug-likeness (QED) is 0.0486. The number of hydrogen-bond donors (Lipinski definition) is 0. The van der Waals surface area contributed by atoms with Gasteiger partial charge in [-0.15, -0.1) is 0 Å². The molecule has 10 aromatic carbocycles. The van der Waals surface area contributed by atoms with Gasteiger partial charge in [0.1, 0.15) is 61.8 Å². The predicted molar refractivity (Wildman–Crippen MR) is 574 cm³/mol. The molecule has 0 fully saturated rings. The van der Waals surface area contributed by atoms with E-state index in [4.69, 9.17) is 35.3 Å². The van der Waals surface area contributed by atoms with Gasteiger partial charge in [-0.05, 0) is 347 Å². The summed E-state index contributed by atoms with van der Waals surface area (Å²) in [6.45, 7) is 27.5. The van der Waals surface area contributed by atoms with Crippen LogP contribution in [0.25, 0.3) is 84.1 Å². The van der Waals surface area contributed by atoms with E-state index in [1.807, 2.05) is 283 Å². The van der Waals surface area contributed by atoms with E-state index in [9.17, 15) is 24.0 Å². The Balaban J connectivity index is 0.000000133. The summed E-state index contributed by atoms with van der Waals surface area (Å²) in [6.07, 6.45) is 12.0. The summed E-state index contributed by atoms with van der Waals surface area (Å²) in [5, 5.41) is 39.3. The molecule has 0 bridgehead atoms. The van der Waals surface area contributed by atoms with Crippen LogP contribution in [0.4, 0.5) is 0 Å². The van der Waals surface area contributed by atoms with Crippen molar-refractivity contribution in [2.24, 2.45) is 35.2 Å². The zero-order chi connectivity index (χ0) is 106. The minimum atomic E-state index is -0.356. The topological polar surface area (TPSA) is 374 Å². The molecule has 0 saturated heterocycles. The predicted octanol–water partition coefficient (Wildman–Crippen LogP) is 18.0. The number of nitrogens with zero attached hydrogens (tertiary/aromatic N) is 25. The van der Waals surface area contributed by atoms with Crippen molar-refractivity contribution in [3.8, 4) is 113 Å². The van der Waals surface area contributed by atoms with E-state index < -0.39 is 0 Å². The van der Waals surface area contributed by atoms with Crippen molar-refractivity contribution in [1.29, 1.82) is 0 Å². The maximum Gasteiger partial charge on any atom is 0.368 e. The first-order chi connectivity index (χ1) is 72.3. The number of hydrogen-bond acceptors (Lipinski definition) is 25. The molecule has 0 aliphatic rings. The fourth-order valence-corrected chi connectivity index (χ4v) is 16.8. The number of aromatic nitrogens is 25. The van der Waals surface area contributed by atoms with Crippen LogP contribution in [0.2, 0.25) is 5.02 Å². The van der Waals surface area contributed by atoms with E-state index in [2.05, 4.69) is 139 Å². The first-order valence-electron chi connectivity index (χ1n) is 48.2. The van der Waals surface area contributed by atoms with Gasteiger partial charge in [0.15, 0.2) is 0 Å². The Hall–Kier alpha value is -18.4. The van der Waals surface area contributed by atoms with Crippen LogP contribution in [0.15, 0.2) is 304 Å². The lowest BCUT2D eigenvalue weighted by Gasteiger charge is -2.16. The van der Waals surface area contributed by atoms with E-state index >= 15 is 0 Å². The number of ether oxygens (including phenoxy) is 5. The van der Waals surface area contributed by atoms with Crippen molar-refractivity contribution in [1.82, 2.24) is 124 Å². The molecule has 760 valence electrons.